The van der Waals surface area contributed by atoms with Crippen molar-refractivity contribution >= 4 is 21.8 Å². The van der Waals surface area contributed by atoms with Gasteiger partial charge < -0.3 is 4.57 Å². The van der Waals surface area contributed by atoms with Crippen molar-refractivity contribution in [1.29, 1.82) is 10.5 Å². The third-order valence-corrected chi connectivity index (χ3v) is 6.71. The fourth-order valence-electron chi connectivity index (χ4n) is 4.99. The molecule has 0 amide bonds. The van der Waals surface area contributed by atoms with Gasteiger partial charge >= 0.3 is 0 Å². The van der Waals surface area contributed by atoms with E-state index in [1.54, 1.807) is 12.1 Å². The SMILES string of the molecule is Cc1cccc(-c2ccc3c(c2)c2cc(-c4ccccc4)ccc2n3-c2ccc(C#N)cc2C#N)c1. The predicted octanol–water partition coefficient (Wildman–Crippen LogP) is 8.17. The van der Waals surface area contributed by atoms with Crippen LogP contribution in [-0.2, 0) is 0 Å². The Kier molecular flexibility index (Phi) is 5.11. The van der Waals surface area contributed by atoms with Crippen LogP contribution in [0.1, 0.15) is 16.7 Å². The monoisotopic (exact) mass is 459 g/mol. The lowest BCUT2D eigenvalue weighted by molar-refractivity contribution is 1.16. The van der Waals surface area contributed by atoms with Gasteiger partial charge in [0.1, 0.15) is 6.07 Å². The molecule has 5 aromatic carbocycles. The molecule has 3 heteroatoms. The first-order chi connectivity index (χ1) is 17.7. The summed E-state index contributed by atoms with van der Waals surface area (Å²) in [6, 6.07) is 41.6. The molecule has 0 saturated carbocycles. The molecule has 6 rings (SSSR count). The van der Waals surface area contributed by atoms with E-state index in [1.165, 1.54) is 11.1 Å². The van der Waals surface area contributed by atoms with Crippen molar-refractivity contribution in [3.8, 4) is 40.1 Å². The molecule has 0 N–H and O–H groups in total. The van der Waals surface area contributed by atoms with E-state index >= 15 is 0 Å². The van der Waals surface area contributed by atoms with E-state index in [1.807, 2.05) is 12.1 Å². The number of hydrogen-bond acceptors (Lipinski definition) is 2. The first kappa shape index (κ1) is 21.4. The van der Waals surface area contributed by atoms with Crippen molar-refractivity contribution in [3.63, 3.8) is 0 Å². The lowest BCUT2D eigenvalue weighted by Crippen LogP contribution is -1.98. The van der Waals surface area contributed by atoms with Crippen LogP contribution < -0.4 is 0 Å². The molecule has 0 radical (unpaired) electrons. The Morgan fingerprint density at radius 2 is 1.19 bits per heavy atom. The van der Waals surface area contributed by atoms with Crippen LogP contribution >= 0.6 is 0 Å². The van der Waals surface area contributed by atoms with Crippen molar-refractivity contribution in [2.45, 2.75) is 6.92 Å². The summed E-state index contributed by atoms with van der Waals surface area (Å²) in [6.45, 7) is 2.11. The minimum absolute atomic E-state index is 0.475. The molecule has 0 aliphatic carbocycles. The van der Waals surface area contributed by atoms with Crippen LogP contribution in [0.15, 0.2) is 109 Å². The fourth-order valence-corrected chi connectivity index (χ4v) is 4.99. The molecule has 0 aliphatic rings. The zero-order valence-corrected chi connectivity index (χ0v) is 19.7. The maximum absolute atomic E-state index is 9.92. The Labute approximate surface area is 209 Å². The van der Waals surface area contributed by atoms with Gasteiger partial charge in [0.25, 0.3) is 0 Å². The average Bonchev–Trinajstić information content (AvgIpc) is 3.26. The van der Waals surface area contributed by atoms with Crippen LogP contribution in [0.25, 0.3) is 49.7 Å². The largest absolute Gasteiger partial charge is 0.308 e. The van der Waals surface area contributed by atoms with Crippen LogP contribution in [0.2, 0.25) is 0 Å². The molecule has 36 heavy (non-hydrogen) atoms. The van der Waals surface area contributed by atoms with Gasteiger partial charge in [-0.2, -0.15) is 10.5 Å². The molecular weight excluding hydrogens is 438 g/mol. The first-order valence-corrected chi connectivity index (χ1v) is 11.8. The highest BCUT2D eigenvalue weighted by Gasteiger charge is 2.17. The second-order valence-corrected chi connectivity index (χ2v) is 8.99. The van der Waals surface area contributed by atoms with E-state index in [4.69, 9.17) is 0 Å². The molecule has 0 spiro atoms. The third-order valence-electron chi connectivity index (χ3n) is 6.71. The van der Waals surface area contributed by atoms with E-state index in [0.29, 0.717) is 11.1 Å². The Bertz CT molecular complexity index is 1860. The Hall–Kier alpha value is -5.12. The van der Waals surface area contributed by atoms with Gasteiger partial charge in [-0.25, -0.2) is 0 Å². The molecule has 0 atom stereocenters. The summed E-state index contributed by atoms with van der Waals surface area (Å²) >= 11 is 0. The topological polar surface area (TPSA) is 52.5 Å². The summed E-state index contributed by atoms with van der Waals surface area (Å²) in [7, 11) is 0. The molecule has 168 valence electrons. The number of rotatable bonds is 3. The fraction of sp³-hybridized carbons (Fsp3) is 0.0303. The first-order valence-electron chi connectivity index (χ1n) is 11.8. The van der Waals surface area contributed by atoms with Gasteiger partial charge in [-0.1, -0.05) is 72.3 Å². The maximum atomic E-state index is 9.92. The lowest BCUT2D eigenvalue weighted by Gasteiger charge is -2.11. The molecule has 0 saturated heterocycles. The molecule has 1 aromatic heterocycles. The van der Waals surface area contributed by atoms with E-state index < -0.39 is 0 Å². The molecule has 1 heterocycles. The zero-order valence-electron chi connectivity index (χ0n) is 19.7. The van der Waals surface area contributed by atoms with Gasteiger partial charge in [0.05, 0.1) is 33.9 Å². The lowest BCUT2D eigenvalue weighted by atomic mass is 9.99. The van der Waals surface area contributed by atoms with Crippen molar-refractivity contribution in [2.75, 3.05) is 0 Å². The van der Waals surface area contributed by atoms with Gasteiger partial charge in [-0.3, -0.25) is 0 Å². The van der Waals surface area contributed by atoms with Crippen LogP contribution in [0.4, 0.5) is 0 Å². The minimum atomic E-state index is 0.475. The summed E-state index contributed by atoms with van der Waals surface area (Å²) < 4.78 is 2.14. The Balaban J connectivity index is 1.68. The van der Waals surface area contributed by atoms with Crippen molar-refractivity contribution in [1.82, 2.24) is 4.57 Å². The van der Waals surface area contributed by atoms with Crippen molar-refractivity contribution in [2.24, 2.45) is 0 Å². The van der Waals surface area contributed by atoms with Gasteiger partial charge in [0, 0.05) is 10.8 Å². The number of aromatic nitrogens is 1. The predicted molar refractivity (Wildman–Crippen MR) is 146 cm³/mol. The highest BCUT2D eigenvalue weighted by molar-refractivity contribution is 6.11. The highest BCUT2D eigenvalue weighted by Crippen LogP contribution is 2.38. The molecule has 0 unspecified atom stereocenters. The zero-order chi connectivity index (χ0) is 24.6. The third kappa shape index (κ3) is 3.52. The highest BCUT2D eigenvalue weighted by atomic mass is 15.0. The van der Waals surface area contributed by atoms with E-state index in [-0.39, 0.29) is 0 Å². The summed E-state index contributed by atoms with van der Waals surface area (Å²) in [4.78, 5) is 0. The van der Waals surface area contributed by atoms with Gasteiger partial charge in [0.15, 0.2) is 0 Å². The van der Waals surface area contributed by atoms with Crippen LogP contribution in [-0.4, -0.2) is 4.57 Å². The summed E-state index contributed by atoms with van der Waals surface area (Å²) in [5.74, 6) is 0. The van der Waals surface area contributed by atoms with E-state index in [2.05, 4.69) is 109 Å². The Morgan fingerprint density at radius 3 is 1.83 bits per heavy atom. The van der Waals surface area contributed by atoms with Crippen molar-refractivity contribution in [3.05, 3.63) is 126 Å². The van der Waals surface area contributed by atoms with Gasteiger partial charge in [-0.05, 0) is 71.6 Å². The van der Waals surface area contributed by atoms with Gasteiger partial charge in [-0.15, -0.1) is 0 Å². The summed E-state index contributed by atoms with van der Waals surface area (Å²) in [6.07, 6.45) is 0. The smallest absolute Gasteiger partial charge is 0.101 e. The number of aryl methyl sites for hydroxylation is 1. The summed E-state index contributed by atoms with van der Waals surface area (Å²) in [5, 5.41) is 21.5. The molecule has 0 bridgehead atoms. The second kappa shape index (κ2) is 8.58. The van der Waals surface area contributed by atoms with E-state index in [9.17, 15) is 10.5 Å². The normalized spacial score (nSPS) is 10.9. The van der Waals surface area contributed by atoms with E-state index in [0.717, 1.165) is 44.2 Å². The maximum Gasteiger partial charge on any atom is 0.101 e. The number of hydrogen-bond donors (Lipinski definition) is 0. The molecular formula is C33H21N3. The van der Waals surface area contributed by atoms with Gasteiger partial charge in [0.2, 0.25) is 0 Å². The Morgan fingerprint density at radius 1 is 0.556 bits per heavy atom. The molecule has 6 aromatic rings. The molecule has 0 aliphatic heterocycles. The number of nitriles is 2. The quantitative estimate of drug-likeness (QED) is 0.268. The number of fused-ring (bicyclic) bond motifs is 3. The summed E-state index contributed by atoms with van der Waals surface area (Å²) in [5.41, 5.74) is 9.61. The minimum Gasteiger partial charge on any atom is -0.308 e. The number of benzene rings is 5. The number of nitrogens with zero attached hydrogens (tertiary/aromatic N) is 3. The molecule has 0 fully saturated rings. The molecule has 3 nitrogen and oxygen atoms in total. The standard InChI is InChI=1S/C33H21N3/c1-22-6-5-9-25(16-22)27-12-15-33-30(19-27)29-18-26(24-7-3-2-4-8-24)11-14-32(29)36(33)31-13-10-23(20-34)17-28(31)21-35/h2-19H,1H3. The second-order valence-electron chi connectivity index (χ2n) is 8.99. The van der Waals surface area contributed by atoms with Crippen LogP contribution in [0.5, 0.6) is 0 Å². The average molecular weight is 460 g/mol. The van der Waals surface area contributed by atoms with Crippen LogP contribution in [0, 0.1) is 29.6 Å². The van der Waals surface area contributed by atoms with Crippen molar-refractivity contribution < 1.29 is 0 Å². The van der Waals surface area contributed by atoms with Crippen LogP contribution in [0.3, 0.4) is 0 Å².